The summed E-state index contributed by atoms with van der Waals surface area (Å²) in [5, 5.41) is 9.05. The van der Waals surface area contributed by atoms with Crippen LogP contribution in [0.3, 0.4) is 0 Å². The van der Waals surface area contributed by atoms with Crippen LogP contribution in [0.2, 0.25) is 0 Å². The lowest BCUT2D eigenvalue weighted by Crippen LogP contribution is -2.44. The van der Waals surface area contributed by atoms with Crippen molar-refractivity contribution in [1.82, 2.24) is 19.7 Å². The Morgan fingerprint density at radius 3 is 2.76 bits per heavy atom. The van der Waals surface area contributed by atoms with Crippen LogP contribution in [0.15, 0.2) is 0 Å². The number of carbonyl (C=O) groups excluding carboxylic acids is 1. The van der Waals surface area contributed by atoms with Crippen molar-refractivity contribution in [3.63, 3.8) is 0 Å². The molecule has 4 atom stereocenters. The van der Waals surface area contributed by atoms with Crippen LogP contribution >= 0.6 is 0 Å². The van der Waals surface area contributed by atoms with Crippen LogP contribution < -0.4 is 0 Å². The number of amides is 1. The largest absolute Gasteiger partial charge is 0.342 e. The van der Waals surface area contributed by atoms with E-state index < -0.39 is 0 Å². The third-order valence-electron chi connectivity index (χ3n) is 7.29. The van der Waals surface area contributed by atoms with E-state index in [-0.39, 0.29) is 0 Å². The number of nitrogens with zero attached hydrogens (tertiary/aromatic N) is 4. The molecular weight excluding hydrogens is 312 g/mol. The van der Waals surface area contributed by atoms with Crippen LogP contribution in [0.1, 0.15) is 75.4 Å². The lowest BCUT2D eigenvalue weighted by molar-refractivity contribution is -0.138. The van der Waals surface area contributed by atoms with E-state index in [4.69, 9.17) is 0 Å². The van der Waals surface area contributed by atoms with Crippen LogP contribution in [0.25, 0.3) is 0 Å². The molecule has 5 rings (SSSR count). The van der Waals surface area contributed by atoms with E-state index in [1.807, 2.05) is 0 Å². The van der Waals surface area contributed by atoms with Crippen molar-refractivity contribution in [2.45, 2.75) is 76.7 Å². The molecule has 2 aliphatic heterocycles. The quantitative estimate of drug-likeness (QED) is 0.829. The van der Waals surface area contributed by atoms with Gasteiger partial charge in [-0.15, -0.1) is 10.2 Å². The summed E-state index contributed by atoms with van der Waals surface area (Å²) in [6.45, 7) is 2.88. The molecule has 0 unspecified atom stereocenters. The number of fused-ring (bicyclic) bond motifs is 3. The van der Waals surface area contributed by atoms with Gasteiger partial charge in [-0.05, 0) is 56.8 Å². The first-order valence-corrected chi connectivity index (χ1v) is 10.5. The van der Waals surface area contributed by atoms with Gasteiger partial charge in [-0.2, -0.15) is 0 Å². The van der Waals surface area contributed by atoms with E-state index >= 15 is 0 Å². The molecule has 1 aromatic rings. The van der Waals surface area contributed by atoms with E-state index in [1.54, 1.807) is 0 Å². The van der Waals surface area contributed by atoms with Gasteiger partial charge in [-0.1, -0.05) is 12.8 Å². The van der Waals surface area contributed by atoms with Gasteiger partial charge in [0.15, 0.2) is 0 Å². The first-order valence-electron chi connectivity index (χ1n) is 10.5. The first-order chi connectivity index (χ1) is 12.3. The smallest absolute Gasteiger partial charge is 0.225 e. The summed E-state index contributed by atoms with van der Waals surface area (Å²) < 4.78 is 2.38. The van der Waals surface area contributed by atoms with Gasteiger partial charge in [-0.3, -0.25) is 4.79 Å². The van der Waals surface area contributed by atoms with Crippen LogP contribution in [0.5, 0.6) is 0 Å². The molecule has 0 N–H and O–H groups in total. The Labute approximate surface area is 150 Å². The van der Waals surface area contributed by atoms with E-state index in [1.165, 1.54) is 44.3 Å². The molecule has 5 nitrogen and oxygen atoms in total. The Morgan fingerprint density at radius 2 is 1.92 bits per heavy atom. The maximum Gasteiger partial charge on any atom is 0.225 e. The molecule has 4 aliphatic rings. The lowest BCUT2D eigenvalue weighted by Gasteiger charge is -2.35. The third kappa shape index (κ3) is 2.80. The lowest BCUT2D eigenvalue weighted by atomic mass is 9.86. The molecule has 1 saturated heterocycles. The van der Waals surface area contributed by atoms with Gasteiger partial charge in [0.05, 0.1) is 0 Å². The molecule has 1 aromatic heterocycles. The highest BCUT2D eigenvalue weighted by Crippen LogP contribution is 2.49. The second kappa shape index (κ2) is 6.40. The van der Waals surface area contributed by atoms with Crippen molar-refractivity contribution in [3.05, 3.63) is 11.6 Å². The van der Waals surface area contributed by atoms with Gasteiger partial charge in [0.2, 0.25) is 5.91 Å². The Hall–Kier alpha value is -1.39. The average Bonchev–Trinajstić information content (AvgIpc) is 3.34. The number of rotatable bonds is 2. The molecule has 1 amide bonds. The topological polar surface area (TPSA) is 51.0 Å². The number of hydrogen-bond donors (Lipinski definition) is 0. The maximum atomic E-state index is 13.1. The van der Waals surface area contributed by atoms with Gasteiger partial charge in [0.25, 0.3) is 0 Å². The van der Waals surface area contributed by atoms with Crippen LogP contribution in [-0.2, 0) is 17.8 Å². The van der Waals surface area contributed by atoms with Crippen molar-refractivity contribution in [2.75, 3.05) is 13.1 Å². The predicted molar refractivity (Wildman–Crippen MR) is 95.1 cm³/mol. The van der Waals surface area contributed by atoms with Crippen LogP contribution in [-0.4, -0.2) is 38.7 Å². The molecular formula is C20H30N4O. The third-order valence-corrected chi connectivity index (χ3v) is 7.29. The second-order valence-electron chi connectivity index (χ2n) is 8.84. The number of likely N-dealkylation sites (tertiary alicyclic amines) is 1. The van der Waals surface area contributed by atoms with E-state index in [2.05, 4.69) is 19.7 Å². The van der Waals surface area contributed by atoms with Gasteiger partial charge in [0.1, 0.15) is 11.6 Å². The maximum absolute atomic E-state index is 13.1. The Balaban J connectivity index is 1.31. The molecule has 3 heterocycles. The molecule has 0 spiro atoms. The van der Waals surface area contributed by atoms with Gasteiger partial charge < -0.3 is 9.47 Å². The minimum Gasteiger partial charge on any atom is -0.342 e. The van der Waals surface area contributed by atoms with Gasteiger partial charge in [-0.25, -0.2) is 0 Å². The number of piperidine rings is 1. The molecule has 5 heteroatoms. The zero-order valence-corrected chi connectivity index (χ0v) is 15.2. The zero-order valence-electron chi connectivity index (χ0n) is 15.2. The fourth-order valence-electron chi connectivity index (χ4n) is 5.98. The van der Waals surface area contributed by atoms with E-state index in [0.29, 0.717) is 23.7 Å². The summed E-state index contributed by atoms with van der Waals surface area (Å²) in [4.78, 5) is 15.3. The molecule has 136 valence electrons. The first kappa shape index (κ1) is 15.8. The molecule has 2 saturated carbocycles. The summed E-state index contributed by atoms with van der Waals surface area (Å²) in [5.41, 5.74) is 0. The molecule has 25 heavy (non-hydrogen) atoms. The monoisotopic (exact) mass is 342 g/mol. The second-order valence-corrected chi connectivity index (χ2v) is 8.84. The summed E-state index contributed by atoms with van der Waals surface area (Å²) in [6, 6.07) is 0. The Bertz CT molecular complexity index is 654. The minimum atomic E-state index is 0.327. The summed E-state index contributed by atoms with van der Waals surface area (Å²) in [7, 11) is 0. The van der Waals surface area contributed by atoms with Crippen molar-refractivity contribution >= 4 is 5.91 Å². The van der Waals surface area contributed by atoms with E-state index in [0.717, 1.165) is 57.1 Å². The summed E-state index contributed by atoms with van der Waals surface area (Å²) in [5.74, 6) is 5.01. The SMILES string of the molecule is O=C([C@H]1C[C@H]2CC[C@H]1C2)N1CCC[C@@H](c2nnc3n2CCCCC3)C1. The molecule has 2 bridgehead atoms. The minimum absolute atomic E-state index is 0.327. The summed E-state index contributed by atoms with van der Waals surface area (Å²) >= 11 is 0. The Kier molecular flexibility index (Phi) is 4.05. The van der Waals surface area contributed by atoms with Gasteiger partial charge in [0, 0.05) is 37.9 Å². The fourth-order valence-corrected chi connectivity index (χ4v) is 5.98. The van der Waals surface area contributed by atoms with Crippen LogP contribution in [0, 0.1) is 17.8 Å². The van der Waals surface area contributed by atoms with Crippen LogP contribution in [0.4, 0.5) is 0 Å². The highest BCUT2D eigenvalue weighted by molar-refractivity contribution is 5.80. The zero-order chi connectivity index (χ0) is 16.8. The number of aromatic nitrogens is 3. The highest BCUT2D eigenvalue weighted by Gasteiger charge is 2.45. The number of hydrogen-bond acceptors (Lipinski definition) is 3. The van der Waals surface area contributed by atoms with Crippen molar-refractivity contribution in [2.24, 2.45) is 17.8 Å². The summed E-state index contributed by atoms with van der Waals surface area (Å²) in [6.07, 6.45) is 12.2. The van der Waals surface area contributed by atoms with Crippen molar-refractivity contribution in [3.8, 4) is 0 Å². The van der Waals surface area contributed by atoms with Crippen molar-refractivity contribution in [1.29, 1.82) is 0 Å². The van der Waals surface area contributed by atoms with Crippen molar-refractivity contribution < 1.29 is 4.79 Å². The van der Waals surface area contributed by atoms with E-state index in [9.17, 15) is 4.79 Å². The number of carbonyl (C=O) groups is 1. The molecule has 0 aromatic carbocycles. The average molecular weight is 342 g/mol. The highest BCUT2D eigenvalue weighted by atomic mass is 16.2. The standard InChI is InChI=1S/C20H30N4O/c25-20(17-12-14-7-8-15(17)11-14)23-9-4-5-16(13-23)19-22-21-18-6-2-1-3-10-24(18)19/h14-17H,1-13H2/t14-,15-,16+,17-/m0/s1. The Morgan fingerprint density at radius 1 is 0.960 bits per heavy atom. The van der Waals surface area contributed by atoms with Gasteiger partial charge >= 0.3 is 0 Å². The molecule has 2 aliphatic carbocycles. The molecule has 3 fully saturated rings. The predicted octanol–water partition coefficient (Wildman–Crippen LogP) is 3.15. The normalized spacial score (nSPS) is 34.8. The molecule has 0 radical (unpaired) electrons. The fraction of sp³-hybridized carbons (Fsp3) is 0.850. The number of aryl methyl sites for hydroxylation is 1.